The molecule has 2 aromatic heterocycles. The number of methoxy groups -OCH3 is 1. The van der Waals surface area contributed by atoms with Gasteiger partial charge in [0.05, 0.1) is 7.11 Å². The van der Waals surface area contributed by atoms with Crippen molar-refractivity contribution in [3.63, 3.8) is 0 Å². The third-order valence-corrected chi connectivity index (χ3v) is 3.02. The van der Waals surface area contributed by atoms with Gasteiger partial charge in [0.2, 0.25) is 5.88 Å². The Morgan fingerprint density at radius 2 is 2.56 bits per heavy atom. The Balaban J connectivity index is 2.19. The minimum atomic E-state index is 0.572. The molecule has 0 bridgehead atoms. The lowest BCUT2D eigenvalue weighted by Gasteiger charge is -2.04. The van der Waals surface area contributed by atoms with Crippen LogP contribution in [0.3, 0.4) is 0 Å². The normalized spacial score (nSPS) is 10.9. The number of nitrogens with one attached hydrogen (secondary N) is 1. The molecule has 0 aliphatic rings. The largest absolute Gasteiger partial charge is 0.480 e. The summed E-state index contributed by atoms with van der Waals surface area (Å²) >= 11 is 7.26. The van der Waals surface area contributed by atoms with Gasteiger partial charge in [0.15, 0.2) is 4.96 Å². The number of nitrogens with zero attached hydrogens (tertiary/aromatic N) is 2. The summed E-state index contributed by atoms with van der Waals surface area (Å²) in [6, 6.07) is 0. The van der Waals surface area contributed by atoms with Crippen molar-refractivity contribution in [2.45, 2.75) is 6.54 Å². The van der Waals surface area contributed by atoms with Gasteiger partial charge in [0, 0.05) is 29.7 Å². The zero-order valence-electron chi connectivity index (χ0n) is 8.86. The number of imidazole rings is 1. The third kappa shape index (κ3) is 2.21. The lowest BCUT2D eigenvalue weighted by molar-refractivity contribution is 0.393. The molecule has 0 aliphatic carbocycles. The van der Waals surface area contributed by atoms with E-state index in [1.54, 1.807) is 18.4 Å². The standard InChI is InChI=1S/C10H12ClN3OS/c1-7(11)5-12-6-8-9(15-2)13-10-14(8)3-4-16-10/h3-4,12H,1,5-6H2,2H3. The molecule has 0 saturated carbocycles. The van der Waals surface area contributed by atoms with Crippen LogP contribution in [0.25, 0.3) is 4.96 Å². The Kier molecular flexibility index (Phi) is 3.48. The number of aromatic nitrogens is 2. The molecule has 0 radical (unpaired) electrons. The lowest BCUT2D eigenvalue weighted by atomic mass is 10.4. The average Bonchev–Trinajstić information content (AvgIpc) is 2.79. The predicted molar refractivity (Wildman–Crippen MR) is 66.3 cm³/mol. The Bertz CT molecular complexity index is 505. The maximum absolute atomic E-state index is 5.68. The zero-order chi connectivity index (χ0) is 11.5. The van der Waals surface area contributed by atoms with Crippen LogP contribution in [0.15, 0.2) is 23.2 Å². The molecule has 86 valence electrons. The Hall–Kier alpha value is -1.04. The molecule has 1 N–H and O–H groups in total. The summed E-state index contributed by atoms with van der Waals surface area (Å²) in [6.07, 6.45) is 1.97. The first kappa shape index (κ1) is 11.4. The SMILES string of the molecule is C=C(Cl)CNCc1c(OC)nc2sccn12. The molecule has 0 aromatic carbocycles. The maximum Gasteiger partial charge on any atom is 0.237 e. The zero-order valence-corrected chi connectivity index (χ0v) is 10.4. The molecule has 16 heavy (non-hydrogen) atoms. The summed E-state index contributed by atoms with van der Waals surface area (Å²) < 4.78 is 7.23. The van der Waals surface area contributed by atoms with Crippen molar-refractivity contribution >= 4 is 27.9 Å². The topological polar surface area (TPSA) is 38.6 Å². The summed E-state index contributed by atoms with van der Waals surface area (Å²) in [4.78, 5) is 5.28. The van der Waals surface area contributed by atoms with Crippen molar-refractivity contribution < 1.29 is 4.74 Å². The van der Waals surface area contributed by atoms with E-state index in [0.717, 1.165) is 10.7 Å². The van der Waals surface area contributed by atoms with Crippen LogP contribution in [-0.2, 0) is 6.54 Å². The van der Waals surface area contributed by atoms with Crippen molar-refractivity contribution in [1.82, 2.24) is 14.7 Å². The smallest absolute Gasteiger partial charge is 0.237 e. The highest BCUT2D eigenvalue weighted by atomic mass is 35.5. The molecule has 2 heterocycles. The molecule has 0 unspecified atom stereocenters. The number of thiazole rings is 1. The van der Waals surface area contributed by atoms with Crippen LogP contribution in [0.4, 0.5) is 0 Å². The van der Waals surface area contributed by atoms with E-state index in [1.807, 2.05) is 16.0 Å². The Morgan fingerprint density at radius 1 is 1.75 bits per heavy atom. The Labute approximate surface area is 103 Å². The van der Waals surface area contributed by atoms with Crippen LogP contribution in [0, 0.1) is 0 Å². The highest BCUT2D eigenvalue weighted by molar-refractivity contribution is 7.15. The third-order valence-electron chi connectivity index (χ3n) is 2.13. The van der Waals surface area contributed by atoms with E-state index in [2.05, 4.69) is 16.9 Å². The van der Waals surface area contributed by atoms with E-state index in [9.17, 15) is 0 Å². The number of halogens is 1. The van der Waals surface area contributed by atoms with Gasteiger partial charge in [-0.2, -0.15) is 4.98 Å². The second-order valence-electron chi connectivity index (χ2n) is 3.24. The second kappa shape index (κ2) is 4.86. The highest BCUT2D eigenvalue weighted by Gasteiger charge is 2.12. The molecule has 0 fully saturated rings. The summed E-state index contributed by atoms with van der Waals surface area (Å²) in [5.41, 5.74) is 0.997. The van der Waals surface area contributed by atoms with Crippen LogP contribution in [0.2, 0.25) is 0 Å². The van der Waals surface area contributed by atoms with Gasteiger partial charge in [-0.05, 0) is 0 Å². The van der Waals surface area contributed by atoms with Gasteiger partial charge in [-0.1, -0.05) is 18.2 Å². The first-order valence-electron chi connectivity index (χ1n) is 4.74. The summed E-state index contributed by atoms with van der Waals surface area (Å²) in [5, 5.41) is 5.76. The molecular formula is C10H12ClN3OS. The first-order valence-corrected chi connectivity index (χ1v) is 6.00. The van der Waals surface area contributed by atoms with E-state index >= 15 is 0 Å². The lowest BCUT2D eigenvalue weighted by Crippen LogP contribution is -2.16. The fourth-order valence-electron chi connectivity index (χ4n) is 1.45. The van der Waals surface area contributed by atoms with Crippen LogP contribution >= 0.6 is 22.9 Å². The van der Waals surface area contributed by atoms with Crippen molar-refractivity contribution in [1.29, 1.82) is 0 Å². The Morgan fingerprint density at radius 3 is 3.25 bits per heavy atom. The molecule has 2 rings (SSSR count). The van der Waals surface area contributed by atoms with E-state index in [-0.39, 0.29) is 0 Å². The molecule has 4 nitrogen and oxygen atoms in total. The molecule has 2 aromatic rings. The average molecular weight is 258 g/mol. The minimum absolute atomic E-state index is 0.572. The van der Waals surface area contributed by atoms with Gasteiger partial charge in [-0.25, -0.2) is 0 Å². The monoisotopic (exact) mass is 257 g/mol. The van der Waals surface area contributed by atoms with Crippen molar-refractivity contribution in [3.8, 4) is 5.88 Å². The summed E-state index contributed by atoms with van der Waals surface area (Å²) in [5.74, 6) is 0.652. The quantitative estimate of drug-likeness (QED) is 0.893. The minimum Gasteiger partial charge on any atom is -0.480 e. The van der Waals surface area contributed by atoms with Gasteiger partial charge in [0.1, 0.15) is 5.69 Å². The molecule has 0 spiro atoms. The summed E-state index contributed by atoms with van der Waals surface area (Å²) in [7, 11) is 1.62. The maximum atomic E-state index is 5.68. The first-order chi connectivity index (χ1) is 7.72. The highest BCUT2D eigenvalue weighted by Crippen LogP contribution is 2.22. The number of fused-ring (bicyclic) bond motifs is 1. The van der Waals surface area contributed by atoms with Crippen LogP contribution in [0.1, 0.15) is 5.69 Å². The fraction of sp³-hybridized carbons (Fsp3) is 0.300. The van der Waals surface area contributed by atoms with Gasteiger partial charge >= 0.3 is 0 Å². The van der Waals surface area contributed by atoms with Crippen molar-refractivity contribution in [2.75, 3.05) is 13.7 Å². The van der Waals surface area contributed by atoms with E-state index < -0.39 is 0 Å². The van der Waals surface area contributed by atoms with Crippen molar-refractivity contribution in [3.05, 3.63) is 28.9 Å². The molecule has 6 heteroatoms. The van der Waals surface area contributed by atoms with E-state index in [1.165, 1.54) is 0 Å². The molecule has 0 amide bonds. The van der Waals surface area contributed by atoms with Crippen LogP contribution < -0.4 is 10.1 Å². The number of ether oxygens (including phenoxy) is 1. The van der Waals surface area contributed by atoms with Gasteiger partial charge < -0.3 is 10.1 Å². The van der Waals surface area contributed by atoms with Gasteiger partial charge in [-0.15, -0.1) is 11.3 Å². The second-order valence-corrected chi connectivity index (χ2v) is 4.65. The van der Waals surface area contributed by atoms with Gasteiger partial charge in [-0.3, -0.25) is 4.40 Å². The van der Waals surface area contributed by atoms with E-state index in [4.69, 9.17) is 16.3 Å². The molecule has 0 saturated heterocycles. The van der Waals surface area contributed by atoms with Crippen LogP contribution in [0.5, 0.6) is 5.88 Å². The number of hydrogen-bond acceptors (Lipinski definition) is 4. The molecule has 0 atom stereocenters. The number of rotatable bonds is 5. The van der Waals surface area contributed by atoms with Gasteiger partial charge in [0.25, 0.3) is 0 Å². The van der Waals surface area contributed by atoms with E-state index in [0.29, 0.717) is 24.0 Å². The fourth-order valence-corrected chi connectivity index (χ4v) is 2.27. The predicted octanol–water partition coefficient (Wildman–Crippen LogP) is 2.25. The van der Waals surface area contributed by atoms with Crippen molar-refractivity contribution in [2.24, 2.45) is 0 Å². The van der Waals surface area contributed by atoms with Crippen LogP contribution in [-0.4, -0.2) is 23.0 Å². The number of hydrogen-bond donors (Lipinski definition) is 1. The summed E-state index contributed by atoms with van der Waals surface area (Å²) in [6.45, 7) is 4.84. The molecular weight excluding hydrogens is 246 g/mol. The molecule has 0 aliphatic heterocycles.